The van der Waals surface area contributed by atoms with E-state index in [1.165, 1.54) is 0 Å². The van der Waals surface area contributed by atoms with Crippen LogP contribution in [0, 0.1) is 6.92 Å². The lowest BCUT2D eigenvalue weighted by atomic mass is 10.2. The molecule has 0 aliphatic rings. The largest absolute Gasteiger partial charge is 0.496 e. The summed E-state index contributed by atoms with van der Waals surface area (Å²) in [6.45, 7) is 2.22. The Kier molecular flexibility index (Phi) is 3.79. The van der Waals surface area contributed by atoms with Gasteiger partial charge >= 0.3 is 5.84 Å². The minimum absolute atomic E-state index is 0.422. The Morgan fingerprint density at radius 3 is 2.71 bits per heavy atom. The summed E-state index contributed by atoms with van der Waals surface area (Å²) < 4.78 is 24.5. The zero-order valence-corrected chi connectivity index (χ0v) is 15.4. The predicted molar refractivity (Wildman–Crippen MR) is 103 cm³/mol. The van der Waals surface area contributed by atoms with E-state index in [9.17, 15) is 0 Å². The molecule has 3 heterocycles. The van der Waals surface area contributed by atoms with Crippen LogP contribution in [0.3, 0.4) is 0 Å². The van der Waals surface area contributed by atoms with Gasteiger partial charge in [-0.05, 0) is 11.6 Å². The van der Waals surface area contributed by atoms with Crippen molar-refractivity contribution >= 4 is 16.8 Å². The highest BCUT2D eigenvalue weighted by Crippen LogP contribution is 2.37. The minimum Gasteiger partial charge on any atom is -0.496 e. The lowest BCUT2D eigenvalue weighted by Crippen LogP contribution is -1.96. The van der Waals surface area contributed by atoms with Crippen molar-refractivity contribution in [1.82, 2.24) is 14.6 Å². The second kappa shape index (κ2) is 6.45. The van der Waals surface area contributed by atoms with Gasteiger partial charge in [0.15, 0.2) is 5.76 Å². The number of benzene rings is 2. The standard InChI is InChI=1S/C21H17N3O4/c1-13-23-24-11-17(22-21(24)27-13)20-10-16-18(8-15(25-2)9-19(16)28-20)26-12-14-6-4-3-5-7-14/h3-11H,12H2,1-2H3. The van der Waals surface area contributed by atoms with Crippen LogP contribution in [0.25, 0.3) is 28.3 Å². The first-order valence-electron chi connectivity index (χ1n) is 8.81. The lowest BCUT2D eigenvalue weighted by molar-refractivity contribution is 0.307. The number of hydrogen-bond acceptors (Lipinski definition) is 6. The zero-order valence-electron chi connectivity index (χ0n) is 15.4. The highest BCUT2D eigenvalue weighted by Gasteiger charge is 2.17. The highest BCUT2D eigenvalue weighted by molar-refractivity contribution is 5.89. The summed E-state index contributed by atoms with van der Waals surface area (Å²) >= 11 is 0. The van der Waals surface area contributed by atoms with E-state index in [1.54, 1.807) is 24.7 Å². The Hall–Kier alpha value is -3.74. The first kappa shape index (κ1) is 16.4. The molecule has 0 saturated heterocycles. The number of fused-ring (bicyclic) bond motifs is 2. The van der Waals surface area contributed by atoms with Crippen molar-refractivity contribution in [1.29, 1.82) is 0 Å². The summed E-state index contributed by atoms with van der Waals surface area (Å²) in [6, 6.07) is 15.6. The van der Waals surface area contributed by atoms with Crippen LogP contribution in [-0.4, -0.2) is 21.7 Å². The van der Waals surface area contributed by atoms with Crippen LogP contribution < -0.4 is 9.47 Å². The van der Waals surface area contributed by atoms with Crippen molar-refractivity contribution in [3.05, 3.63) is 66.2 Å². The van der Waals surface area contributed by atoms with Crippen molar-refractivity contribution in [2.75, 3.05) is 7.11 Å². The smallest absolute Gasteiger partial charge is 0.325 e. The number of hydrogen-bond donors (Lipinski definition) is 0. The molecule has 3 aromatic heterocycles. The van der Waals surface area contributed by atoms with E-state index < -0.39 is 0 Å². The fourth-order valence-corrected chi connectivity index (χ4v) is 3.10. The van der Waals surface area contributed by atoms with E-state index in [2.05, 4.69) is 10.1 Å². The van der Waals surface area contributed by atoms with E-state index in [4.69, 9.17) is 18.3 Å². The topological polar surface area (TPSA) is 74.9 Å². The Bertz CT molecular complexity index is 1240. The molecule has 0 N–H and O–H groups in total. The lowest BCUT2D eigenvalue weighted by Gasteiger charge is -2.09. The molecule has 5 rings (SSSR count). The quantitative estimate of drug-likeness (QED) is 0.446. The average Bonchev–Trinajstić information content (AvgIpc) is 3.38. The number of rotatable bonds is 5. The molecular weight excluding hydrogens is 358 g/mol. The molecule has 0 radical (unpaired) electrons. The molecule has 0 aliphatic carbocycles. The van der Waals surface area contributed by atoms with Gasteiger partial charge in [0.1, 0.15) is 29.4 Å². The summed E-state index contributed by atoms with van der Waals surface area (Å²) in [5, 5.41) is 5.07. The zero-order chi connectivity index (χ0) is 19.1. The molecule has 0 spiro atoms. The number of methoxy groups -OCH3 is 1. The number of nitrogens with zero attached hydrogens (tertiary/aromatic N) is 3. The average molecular weight is 375 g/mol. The monoisotopic (exact) mass is 375 g/mol. The fraction of sp³-hybridized carbons (Fsp3) is 0.143. The maximum atomic E-state index is 6.06. The van der Waals surface area contributed by atoms with Gasteiger partial charge in [-0.25, -0.2) is 0 Å². The summed E-state index contributed by atoms with van der Waals surface area (Å²) in [4.78, 5) is 4.43. The van der Waals surface area contributed by atoms with Gasteiger partial charge in [-0.2, -0.15) is 9.50 Å². The molecule has 0 unspecified atom stereocenters. The molecule has 0 bridgehead atoms. The van der Waals surface area contributed by atoms with Crippen LogP contribution in [0.4, 0.5) is 0 Å². The molecule has 0 fully saturated rings. The van der Waals surface area contributed by atoms with E-state index in [-0.39, 0.29) is 0 Å². The minimum atomic E-state index is 0.422. The van der Waals surface area contributed by atoms with Gasteiger partial charge in [0.2, 0.25) is 5.89 Å². The summed E-state index contributed by atoms with van der Waals surface area (Å²) in [6.07, 6.45) is 1.77. The van der Waals surface area contributed by atoms with Gasteiger partial charge in [-0.15, -0.1) is 5.10 Å². The third-order valence-corrected chi connectivity index (χ3v) is 4.44. The second-order valence-corrected chi connectivity index (χ2v) is 6.40. The summed E-state index contributed by atoms with van der Waals surface area (Å²) in [5.41, 5.74) is 2.37. The SMILES string of the molecule is COc1cc(OCc2ccccc2)c2cc(-c3cn4nc(C)oc4n3)oc2c1. The molecule has 0 saturated carbocycles. The second-order valence-electron chi connectivity index (χ2n) is 6.40. The van der Waals surface area contributed by atoms with Crippen molar-refractivity contribution in [3.63, 3.8) is 0 Å². The predicted octanol–water partition coefficient (Wildman–Crippen LogP) is 4.63. The van der Waals surface area contributed by atoms with Gasteiger partial charge in [0.05, 0.1) is 18.7 Å². The molecule has 7 nitrogen and oxygen atoms in total. The van der Waals surface area contributed by atoms with Gasteiger partial charge in [0, 0.05) is 19.1 Å². The van der Waals surface area contributed by atoms with Crippen LogP contribution in [0.2, 0.25) is 0 Å². The van der Waals surface area contributed by atoms with Crippen molar-refractivity contribution < 1.29 is 18.3 Å². The number of ether oxygens (including phenoxy) is 2. The summed E-state index contributed by atoms with van der Waals surface area (Å²) in [5.74, 6) is 2.93. The Labute approximate surface area is 160 Å². The van der Waals surface area contributed by atoms with Crippen LogP contribution >= 0.6 is 0 Å². The van der Waals surface area contributed by atoms with E-state index in [1.807, 2.05) is 48.5 Å². The molecule has 0 atom stereocenters. The fourth-order valence-electron chi connectivity index (χ4n) is 3.10. The van der Waals surface area contributed by atoms with Gasteiger partial charge in [0.25, 0.3) is 0 Å². The molecule has 140 valence electrons. The highest BCUT2D eigenvalue weighted by atomic mass is 16.5. The Morgan fingerprint density at radius 1 is 1.07 bits per heavy atom. The van der Waals surface area contributed by atoms with Crippen molar-refractivity contribution in [2.45, 2.75) is 13.5 Å². The first-order chi connectivity index (χ1) is 13.7. The van der Waals surface area contributed by atoms with Crippen LogP contribution in [-0.2, 0) is 6.61 Å². The molecule has 0 aliphatic heterocycles. The summed E-state index contributed by atoms with van der Waals surface area (Å²) in [7, 11) is 1.61. The third kappa shape index (κ3) is 2.87. The molecule has 28 heavy (non-hydrogen) atoms. The van der Waals surface area contributed by atoms with Gasteiger partial charge in [-0.1, -0.05) is 30.3 Å². The number of aromatic nitrogens is 3. The first-order valence-corrected chi connectivity index (χ1v) is 8.81. The number of aryl methyl sites for hydroxylation is 1. The van der Waals surface area contributed by atoms with Crippen molar-refractivity contribution in [2.24, 2.45) is 0 Å². The Morgan fingerprint density at radius 2 is 1.93 bits per heavy atom. The maximum absolute atomic E-state index is 6.06. The van der Waals surface area contributed by atoms with E-state index >= 15 is 0 Å². The van der Waals surface area contributed by atoms with Crippen molar-refractivity contribution in [3.8, 4) is 23.0 Å². The number of furan rings is 1. The third-order valence-electron chi connectivity index (χ3n) is 4.44. The number of imidazole rings is 1. The van der Waals surface area contributed by atoms with Gasteiger partial charge < -0.3 is 18.3 Å². The molecule has 2 aromatic carbocycles. The molecule has 0 amide bonds. The van der Waals surface area contributed by atoms with E-state index in [0.29, 0.717) is 46.9 Å². The van der Waals surface area contributed by atoms with Crippen LogP contribution in [0.15, 0.2) is 63.6 Å². The van der Waals surface area contributed by atoms with Crippen LogP contribution in [0.1, 0.15) is 11.5 Å². The van der Waals surface area contributed by atoms with Gasteiger partial charge in [-0.3, -0.25) is 0 Å². The molecule has 7 heteroatoms. The Balaban J connectivity index is 1.54. The van der Waals surface area contributed by atoms with E-state index in [0.717, 1.165) is 10.9 Å². The van der Waals surface area contributed by atoms with Crippen LogP contribution in [0.5, 0.6) is 11.5 Å². The molecular formula is C21H17N3O4. The normalized spacial score (nSPS) is 11.4. The molecule has 5 aromatic rings. The maximum Gasteiger partial charge on any atom is 0.325 e.